The number of nitrogens with one attached hydrogen (secondary N) is 1. The molecule has 0 bridgehead atoms. The minimum atomic E-state index is -4.48. The molecule has 6 nitrogen and oxygen atoms in total. The van der Waals surface area contributed by atoms with Crippen LogP contribution in [0.1, 0.15) is 29.7 Å². The van der Waals surface area contributed by atoms with Crippen LogP contribution in [0.2, 0.25) is 0 Å². The van der Waals surface area contributed by atoms with E-state index in [1.807, 2.05) is 20.9 Å². The SMILES string of the molecule is O=C(CSc1nncn1CCc1cccs1)Nc1cc(C(F)(F)F)ccc1N1CCCCC1. The summed E-state index contributed by atoms with van der Waals surface area (Å²) in [4.78, 5) is 16.0. The van der Waals surface area contributed by atoms with E-state index in [1.54, 1.807) is 17.7 Å². The van der Waals surface area contributed by atoms with Gasteiger partial charge in [-0.1, -0.05) is 17.8 Å². The quantitative estimate of drug-likeness (QED) is 0.429. The fourth-order valence-corrected chi connectivity index (χ4v) is 5.17. The van der Waals surface area contributed by atoms with Crippen molar-refractivity contribution in [1.82, 2.24) is 14.8 Å². The van der Waals surface area contributed by atoms with Crippen molar-refractivity contribution in [1.29, 1.82) is 0 Å². The van der Waals surface area contributed by atoms with Gasteiger partial charge >= 0.3 is 6.18 Å². The number of hydrogen-bond acceptors (Lipinski definition) is 6. The zero-order chi connectivity index (χ0) is 23.3. The van der Waals surface area contributed by atoms with E-state index in [0.717, 1.165) is 50.9 Å². The Morgan fingerprint density at radius 2 is 2.00 bits per heavy atom. The van der Waals surface area contributed by atoms with E-state index in [2.05, 4.69) is 21.6 Å². The Bertz CT molecular complexity index is 1060. The number of nitrogens with zero attached hydrogens (tertiary/aromatic N) is 4. The van der Waals surface area contributed by atoms with Crippen LogP contribution in [0.4, 0.5) is 24.5 Å². The summed E-state index contributed by atoms with van der Waals surface area (Å²) >= 11 is 2.89. The predicted octanol–water partition coefficient (Wildman–Crippen LogP) is 5.32. The van der Waals surface area contributed by atoms with Gasteiger partial charge < -0.3 is 14.8 Å². The van der Waals surface area contributed by atoms with Gasteiger partial charge in [-0.2, -0.15) is 13.2 Å². The number of thiophene rings is 1. The summed E-state index contributed by atoms with van der Waals surface area (Å²) in [6.45, 7) is 2.21. The Balaban J connectivity index is 1.42. The van der Waals surface area contributed by atoms with Crippen molar-refractivity contribution in [3.8, 4) is 0 Å². The summed E-state index contributed by atoms with van der Waals surface area (Å²) in [5.41, 5.74) is 0.0381. The number of carbonyl (C=O) groups excluding carboxylic acids is 1. The largest absolute Gasteiger partial charge is 0.416 e. The molecule has 1 aliphatic heterocycles. The topological polar surface area (TPSA) is 63.1 Å². The highest BCUT2D eigenvalue weighted by Crippen LogP contribution is 2.36. The monoisotopic (exact) mass is 495 g/mol. The van der Waals surface area contributed by atoms with Gasteiger partial charge in [0.2, 0.25) is 5.91 Å². The maximum Gasteiger partial charge on any atom is 0.416 e. The molecule has 0 saturated carbocycles. The lowest BCUT2D eigenvalue weighted by atomic mass is 10.1. The summed E-state index contributed by atoms with van der Waals surface area (Å²) in [6.07, 6.45) is 1.03. The number of aromatic nitrogens is 3. The van der Waals surface area contributed by atoms with Crippen molar-refractivity contribution in [2.24, 2.45) is 0 Å². The molecular weight excluding hydrogens is 471 g/mol. The van der Waals surface area contributed by atoms with Crippen molar-refractivity contribution in [3.05, 3.63) is 52.5 Å². The standard InChI is InChI=1S/C22H24F3N5OS2/c23-22(24,25)16-6-7-19(29-9-2-1-3-10-29)18(13-16)27-20(31)14-33-21-28-26-15-30(21)11-8-17-5-4-12-32-17/h4-7,12-13,15H,1-3,8-11,14H2,(H,27,31). The molecule has 4 rings (SSSR count). The zero-order valence-electron chi connectivity index (χ0n) is 17.8. The van der Waals surface area contributed by atoms with Crippen LogP contribution < -0.4 is 10.2 Å². The van der Waals surface area contributed by atoms with Gasteiger partial charge in [0.25, 0.3) is 0 Å². The number of carbonyl (C=O) groups is 1. The molecule has 176 valence electrons. The molecule has 1 aliphatic rings. The predicted molar refractivity (Wildman–Crippen MR) is 125 cm³/mol. The molecule has 1 N–H and O–H groups in total. The number of piperidine rings is 1. The van der Waals surface area contributed by atoms with Crippen LogP contribution >= 0.6 is 23.1 Å². The number of rotatable bonds is 8. The van der Waals surface area contributed by atoms with Crippen molar-refractivity contribution in [3.63, 3.8) is 0 Å². The molecule has 0 unspecified atom stereocenters. The lowest BCUT2D eigenvalue weighted by Crippen LogP contribution is -2.30. The van der Waals surface area contributed by atoms with Crippen molar-refractivity contribution >= 4 is 40.4 Å². The summed E-state index contributed by atoms with van der Waals surface area (Å²) < 4.78 is 41.7. The molecule has 0 atom stereocenters. The number of hydrogen-bond donors (Lipinski definition) is 1. The van der Waals surface area contributed by atoms with Gasteiger partial charge in [-0.25, -0.2) is 0 Å². The molecule has 3 aromatic rings. The molecule has 0 radical (unpaired) electrons. The van der Waals surface area contributed by atoms with Crippen LogP contribution in [0, 0.1) is 0 Å². The summed E-state index contributed by atoms with van der Waals surface area (Å²) in [7, 11) is 0. The maximum atomic E-state index is 13.3. The van der Waals surface area contributed by atoms with Crippen molar-refractivity contribution in [2.45, 2.75) is 43.6 Å². The third-order valence-corrected chi connectivity index (χ3v) is 7.30. The first-order valence-corrected chi connectivity index (χ1v) is 12.6. The zero-order valence-corrected chi connectivity index (χ0v) is 19.5. The fraction of sp³-hybridized carbons (Fsp3) is 0.409. The van der Waals surface area contributed by atoms with Crippen LogP contribution in [0.3, 0.4) is 0 Å². The van der Waals surface area contributed by atoms with Gasteiger partial charge in [0.15, 0.2) is 5.16 Å². The average Bonchev–Trinajstić information content (AvgIpc) is 3.48. The van der Waals surface area contributed by atoms with E-state index in [1.165, 1.54) is 22.7 Å². The van der Waals surface area contributed by atoms with E-state index in [9.17, 15) is 18.0 Å². The van der Waals surface area contributed by atoms with Gasteiger partial charge in [0.1, 0.15) is 6.33 Å². The van der Waals surface area contributed by atoms with Crippen molar-refractivity contribution in [2.75, 3.05) is 29.1 Å². The second-order valence-corrected chi connectivity index (χ2v) is 9.73. The highest BCUT2D eigenvalue weighted by atomic mass is 32.2. The normalized spacial score (nSPS) is 14.5. The molecule has 1 fully saturated rings. The number of benzene rings is 1. The maximum absolute atomic E-state index is 13.3. The van der Waals surface area contributed by atoms with Gasteiger partial charge in [-0.05, 0) is 55.3 Å². The fourth-order valence-electron chi connectivity index (χ4n) is 3.73. The molecule has 11 heteroatoms. The molecule has 1 saturated heterocycles. The molecule has 3 heterocycles. The van der Waals surface area contributed by atoms with Gasteiger partial charge in [-0.15, -0.1) is 21.5 Å². The van der Waals surface area contributed by atoms with E-state index in [0.29, 0.717) is 17.4 Å². The average molecular weight is 496 g/mol. The Kier molecular flexibility index (Phi) is 7.59. The molecular formula is C22H24F3N5OS2. The first-order valence-electron chi connectivity index (χ1n) is 10.7. The highest BCUT2D eigenvalue weighted by molar-refractivity contribution is 7.99. The highest BCUT2D eigenvalue weighted by Gasteiger charge is 2.32. The number of alkyl halides is 3. The summed E-state index contributed by atoms with van der Waals surface area (Å²) in [5.74, 6) is -0.363. The van der Waals surface area contributed by atoms with Crippen LogP contribution in [-0.2, 0) is 23.9 Å². The number of halogens is 3. The van der Waals surface area contributed by atoms with Crippen LogP contribution in [0.15, 0.2) is 47.2 Å². The van der Waals surface area contributed by atoms with E-state index in [4.69, 9.17) is 0 Å². The number of anilines is 2. The first kappa shape index (κ1) is 23.6. The van der Waals surface area contributed by atoms with Crippen LogP contribution in [0.25, 0.3) is 0 Å². The Morgan fingerprint density at radius 1 is 1.18 bits per heavy atom. The van der Waals surface area contributed by atoms with Crippen molar-refractivity contribution < 1.29 is 18.0 Å². The van der Waals surface area contributed by atoms with Gasteiger partial charge in [0.05, 0.1) is 22.7 Å². The minimum Gasteiger partial charge on any atom is -0.370 e. The van der Waals surface area contributed by atoms with Crippen LogP contribution in [0.5, 0.6) is 0 Å². The number of aryl methyl sites for hydroxylation is 2. The number of amides is 1. The van der Waals surface area contributed by atoms with E-state index in [-0.39, 0.29) is 17.3 Å². The third-order valence-electron chi connectivity index (χ3n) is 5.39. The lowest BCUT2D eigenvalue weighted by molar-refractivity contribution is -0.137. The van der Waals surface area contributed by atoms with E-state index < -0.39 is 11.7 Å². The Morgan fingerprint density at radius 3 is 2.73 bits per heavy atom. The lowest BCUT2D eigenvalue weighted by Gasteiger charge is -2.31. The van der Waals surface area contributed by atoms with E-state index >= 15 is 0 Å². The minimum absolute atomic E-state index is 0.0212. The second kappa shape index (κ2) is 10.6. The number of thioether (sulfide) groups is 1. The van der Waals surface area contributed by atoms with Gasteiger partial charge in [-0.3, -0.25) is 4.79 Å². The molecule has 2 aromatic heterocycles. The first-order chi connectivity index (χ1) is 15.9. The molecule has 1 amide bonds. The molecule has 33 heavy (non-hydrogen) atoms. The van der Waals surface area contributed by atoms with Crippen LogP contribution in [-0.4, -0.2) is 39.5 Å². The molecule has 0 spiro atoms. The Labute approximate surface area is 198 Å². The third kappa shape index (κ3) is 6.29. The smallest absolute Gasteiger partial charge is 0.370 e. The van der Waals surface area contributed by atoms with Gasteiger partial charge in [0, 0.05) is 24.5 Å². The Hall–Kier alpha value is -2.53. The summed E-state index contributed by atoms with van der Waals surface area (Å²) in [5, 5.41) is 13.3. The molecule has 1 aromatic carbocycles. The summed E-state index contributed by atoms with van der Waals surface area (Å²) in [6, 6.07) is 7.61. The molecule has 0 aliphatic carbocycles. The second-order valence-electron chi connectivity index (χ2n) is 7.75.